The lowest BCUT2D eigenvalue weighted by Gasteiger charge is -2.20. The highest BCUT2D eigenvalue weighted by Crippen LogP contribution is 2.31. The van der Waals surface area contributed by atoms with E-state index in [1.54, 1.807) is 0 Å². The molecule has 0 spiro atoms. The summed E-state index contributed by atoms with van der Waals surface area (Å²) in [6, 6.07) is 15.0. The van der Waals surface area contributed by atoms with E-state index in [0.717, 1.165) is 40.7 Å². The van der Waals surface area contributed by atoms with Gasteiger partial charge in [-0.05, 0) is 76.0 Å². The molecule has 5 heteroatoms. The fourth-order valence-corrected chi connectivity index (χ4v) is 4.47. The van der Waals surface area contributed by atoms with Crippen LogP contribution in [-0.4, -0.2) is 41.0 Å². The number of para-hydroxylation sites is 1. The Hall–Kier alpha value is -2.92. The van der Waals surface area contributed by atoms with Crippen LogP contribution >= 0.6 is 0 Å². The molecule has 0 amide bonds. The van der Waals surface area contributed by atoms with Crippen molar-refractivity contribution >= 4 is 27.7 Å². The van der Waals surface area contributed by atoms with Gasteiger partial charge in [0, 0.05) is 23.4 Å². The fraction of sp³-hybridized carbons (Fsp3) is 0.360. The number of aryl methyl sites for hydroxylation is 2. The van der Waals surface area contributed by atoms with Crippen LogP contribution < -0.4 is 5.32 Å². The number of nitrogens with zero attached hydrogens (tertiary/aromatic N) is 3. The van der Waals surface area contributed by atoms with E-state index >= 15 is 0 Å². The Morgan fingerprint density at radius 1 is 1.13 bits per heavy atom. The number of furan rings is 1. The largest absolute Gasteiger partial charge is 0.453 e. The first kappa shape index (κ1) is 19.1. The SMILES string of the molecule is Cc1ccc2c(NCCC3CCCN3C)nc(-c3cc4ccccc4o3)nc2c1C. The van der Waals surface area contributed by atoms with Crippen LogP contribution in [0.1, 0.15) is 30.4 Å². The van der Waals surface area contributed by atoms with E-state index in [9.17, 15) is 0 Å². The van der Waals surface area contributed by atoms with Crippen LogP contribution in [0.2, 0.25) is 0 Å². The Morgan fingerprint density at radius 3 is 2.80 bits per heavy atom. The molecule has 1 atom stereocenters. The number of anilines is 1. The van der Waals surface area contributed by atoms with E-state index in [4.69, 9.17) is 14.4 Å². The third-order valence-corrected chi connectivity index (χ3v) is 6.48. The number of nitrogens with one attached hydrogen (secondary N) is 1. The molecule has 30 heavy (non-hydrogen) atoms. The van der Waals surface area contributed by atoms with Gasteiger partial charge in [0.05, 0.1) is 5.52 Å². The molecule has 0 bridgehead atoms. The summed E-state index contributed by atoms with van der Waals surface area (Å²) in [5.41, 5.74) is 4.26. The number of hydrogen-bond acceptors (Lipinski definition) is 5. The van der Waals surface area contributed by atoms with Crippen molar-refractivity contribution in [2.75, 3.05) is 25.5 Å². The van der Waals surface area contributed by atoms with E-state index in [1.807, 2.05) is 24.3 Å². The van der Waals surface area contributed by atoms with E-state index < -0.39 is 0 Å². The number of benzene rings is 2. The van der Waals surface area contributed by atoms with E-state index in [1.165, 1.54) is 30.5 Å². The van der Waals surface area contributed by atoms with Crippen molar-refractivity contribution in [2.24, 2.45) is 0 Å². The molecule has 1 aliphatic rings. The molecule has 0 saturated carbocycles. The van der Waals surface area contributed by atoms with Crippen LogP contribution in [0.15, 0.2) is 46.9 Å². The Bertz CT molecular complexity index is 1180. The van der Waals surface area contributed by atoms with Gasteiger partial charge in [-0.3, -0.25) is 0 Å². The number of hydrogen-bond donors (Lipinski definition) is 1. The molecular formula is C25H28N4O. The maximum absolute atomic E-state index is 6.07. The second kappa shape index (κ2) is 7.73. The van der Waals surface area contributed by atoms with Gasteiger partial charge in [0.1, 0.15) is 11.4 Å². The minimum absolute atomic E-state index is 0.632. The number of likely N-dealkylation sites (tertiary alicyclic amines) is 1. The Labute approximate surface area is 177 Å². The molecule has 1 N–H and O–H groups in total. The van der Waals surface area contributed by atoms with Gasteiger partial charge in [0.2, 0.25) is 0 Å². The Kier molecular flexibility index (Phi) is 4.91. The number of aromatic nitrogens is 2. The molecule has 5 nitrogen and oxygen atoms in total. The Morgan fingerprint density at radius 2 is 2.00 bits per heavy atom. The maximum atomic E-state index is 6.07. The fourth-order valence-electron chi connectivity index (χ4n) is 4.47. The van der Waals surface area contributed by atoms with E-state index in [-0.39, 0.29) is 0 Å². The second-order valence-corrected chi connectivity index (χ2v) is 8.44. The summed E-state index contributed by atoms with van der Waals surface area (Å²) in [5.74, 6) is 2.23. The van der Waals surface area contributed by atoms with Gasteiger partial charge in [-0.2, -0.15) is 0 Å². The van der Waals surface area contributed by atoms with Gasteiger partial charge in [0.15, 0.2) is 11.6 Å². The molecule has 4 aromatic rings. The van der Waals surface area contributed by atoms with Gasteiger partial charge in [-0.25, -0.2) is 9.97 Å². The molecule has 1 fully saturated rings. The van der Waals surface area contributed by atoms with Crippen molar-refractivity contribution in [3.8, 4) is 11.6 Å². The summed E-state index contributed by atoms with van der Waals surface area (Å²) >= 11 is 0. The first-order valence-electron chi connectivity index (χ1n) is 10.8. The lowest BCUT2D eigenvalue weighted by Crippen LogP contribution is -2.27. The predicted octanol–water partition coefficient (Wildman–Crippen LogP) is 5.56. The van der Waals surface area contributed by atoms with Crippen molar-refractivity contribution in [1.82, 2.24) is 14.9 Å². The van der Waals surface area contributed by atoms with Crippen molar-refractivity contribution in [3.63, 3.8) is 0 Å². The van der Waals surface area contributed by atoms with Crippen molar-refractivity contribution < 1.29 is 4.42 Å². The maximum Gasteiger partial charge on any atom is 0.198 e. The van der Waals surface area contributed by atoms with Gasteiger partial charge in [-0.15, -0.1) is 0 Å². The first-order valence-corrected chi connectivity index (χ1v) is 10.8. The van der Waals surface area contributed by atoms with Crippen LogP contribution in [-0.2, 0) is 0 Å². The van der Waals surface area contributed by atoms with E-state index in [2.05, 4.69) is 49.3 Å². The van der Waals surface area contributed by atoms with Crippen LogP contribution in [0.3, 0.4) is 0 Å². The highest BCUT2D eigenvalue weighted by molar-refractivity contribution is 5.93. The molecular weight excluding hydrogens is 372 g/mol. The molecule has 1 aliphatic heterocycles. The zero-order valence-electron chi connectivity index (χ0n) is 17.9. The molecule has 154 valence electrons. The summed E-state index contributed by atoms with van der Waals surface area (Å²) in [7, 11) is 2.23. The monoisotopic (exact) mass is 400 g/mol. The van der Waals surface area contributed by atoms with Crippen LogP contribution in [0, 0.1) is 13.8 Å². The van der Waals surface area contributed by atoms with Gasteiger partial charge in [0.25, 0.3) is 0 Å². The minimum Gasteiger partial charge on any atom is -0.453 e. The molecule has 3 heterocycles. The quantitative estimate of drug-likeness (QED) is 0.476. The molecule has 2 aromatic carbocycles. The second-order valence-electron chi connectivity index (χ2n) is 8.44. The highest BCUT2D eigenvalue weighted by Gasteiger charge is 2.21. The standard InChI is InChI=1S/C25H28N4O/c1-16-10-11-20-23(17(16)2)27-25(22-15-18-7-4-5-9-21(18)30-22)28-24(20)26-13-12-19-8-6-14-29(19)3/h4-5,7,9-11,15,19H,6,8,12-14H2,1-3H3,(H,26,27,28). The average molecular weight is 401 g/mol. The lowest BCUT2D eigenvalue weighted by atomic mass is 10.1. The third kappa shape index (κ3) is 3.43. The molecule has 1 unspecified atom stereocenters. The van der Waals surface area contributed by atoms with Gasteiger partial charge in [-0.1, -0.05) is 24.3 Å². The summed E-state index contributed by atoms with van der Waals surface area (Å²) in [6.07, 6.45) is 3.70. The molecule has 0 radical (unpaired) electrons. The molecule has 2 aromatic heterocycles. The lowest BCUT2D eigenvalue weighted by molar-refractivity contribution is 0.301. The van der Waals surface area contributed by atoms with Crippen LogP contribution in [0.5, 0.6) is 0 Å². The van der Waals surface area contributed by atoms with Crippen molar-refractivity contribution in [1.29, 1.82) is 0 Å². The summed E-state index contributed by atoms with van der Waals surface area (Å²) in [5, 5.41) is 5.74. The summed E-state index contributed by atoms with van der Waals surface area (Å²) in [4.78, 5) is 12.3. The number of fused-ring (bicyclic) bond motifs is 2. The average Bonchev–Trinajstić information content (AvgIpc) is 3.37. The highest BCUT2D eigenvalue weighted by atomic mass is 16.3. The van der Waals surface area contributed by atoms with Gasteiger partial charge >= 0.3 is 0 Å². The van der Waals surface area contributed by atoms with Crippen molar-refractivity contribution in [2.45, 2.75) is 39.2 Å². The first-order chi connectivity index (χ1) is 14.6. The van der Waals surface area contributed by atoms with Gasteiger partial charge < -0.3 is 14.6 Å². The topological polar surface area (TPSA) is 54.2 Å². The van der Waals surface area contributed by atoms with Crippen LogP contribution in [0.4, 0.5) is 5.82 Å². The zero-order chi connectivity index (χ0) is 20.7. The normalized spacial score (nSPS) is 17.2. The smallest absolute Gasteiger partial charge is 0.198 e. The van der Waals surface area contributed by atoms with E-state index in [0.29, 0.717) is 17.6 Å². The molecule has 5 rings (SSSR count). The van der Waals surface area contributed by atoms with Crippen LogP contribution in [0.25, 0.3) is 33.5 Å². The number of rotatable bonds is 5. The molecule has 1 saturated heterocycles. The summed E-state index contributed by atoms with van der Waals surface area (Å²) < 4.78 is 6.07. The third-order valence-electron chi connectivity index (χ3n) is 6.48. The zero-order valence-corrected chi connectivity index (χ0v) is 17.9. The predicted molar refractivity (Wildman–Crippen MR) is 123 cm³/mol. The minimum atomic E-state index is 0.632. The molecule has 0 aliphatic carbocycles. The summed E-state index contributed by atoms with van der Waals surface area (Å²) in [6.45, 7) is 6.36. The Balaban J connectivity index is 1.53. The van der Waals surface area contributed by atoms with Crippen molar-refractivity contribution in [3.05, 3.63) is 53.6 Å².